The van der Waals surface area contributed by atoms with Crippen molar-refractivity contribution in [3.8, 4) is 0 Å². The number of thiophene rings is 1. The summed E-state index contributed by atoms with van der Waals surface area (Å²) in [6.45, 7) is 7.15. The van der Waals surface area contributed by atoms with E-state index in [4.69, 9.17) is 0 Å². The second-order valence-corrected chi connectivity index (χ2v) is 7.91. The van der Waals surface area contributed by atoms with Crippen molar-refractivity contribution in [3.05, 3.63) is 28.2 Å². The first kappa shape index (κ1) is 16.5. The van der Waals surface area contributed by atoms with Crippen LogP contribution in [-0.4, -0.2) is 37.9 Å². The van der Waals surface area contributed by atoms with E-state index in [0.717, 1.165) is 24.5 Å². The maximum atomic E-state index is 12.7. The normalized spacial score (nSPS) is 17.6. The van der Waals surface area contributed by atoms with Gasteiger partial charge < -0.3 is 9.47 Å². The molecular formula is C16H22N4OS2. The van der Waals surface area contributed by atoms with E-state index in [1.165, 1.54) is 22.2 Å². The van der Waals surface area contributed by atoms with Gasteiger partial charge >= 0.3 is 0 Å². The fourth-order valence-electron chi connectivity index (χ4n) is 3.03. The number of hydrogen-bond acceptors (Lipinski definition) is 5. The fourth-order valence-corrected chi connectivity index (χ4v) is 4.89. The van der Waals surface area contributed by atoms with Gasteiger partial charge in [-0.05, 0) is 43.7 Å². The van der Waals surface area contributed by atoms with Crippen molar-refractivity contribution < 1.29 is 4.79 Å². The minimum atomic E-state index is 0.192. The summed E-state index contributed by atoms with van der Waals surface area (Å²) in [5.41, 5.74) is 1.34. The Morgan fingerprint density at radius 3 is 3.09 bits per heavy atom. The van der Waals surface area contributed by atoms with Crippen LogP contribution in [0.3, 0.4) is 0 Å². The smallest absolute Gasteiger partial charge is 0.233 e. The molecule has 0 saturated heterocycles. The second kappa shape index (κ2) is 7.05. The maximum absolute atomic E-state index is 12.7. The Hall–Kier alpha value is -1.34. The maximum Gasteiger partial charge on any atom is 0.233 e. The number of rotatable bonds is 5. The Kier molecular flexibility index (Phi) is 5.06. The molecule has 1 aliphatic rings. The number of nitrogens with zero attached hydrogens (tertiary/aromatic N) is 4. The van der Waals surface area contributed by atoms with Crippen LogP contribution in [0.5, 0.6) is 0 Å². The molecular weight excluding hydrogens is 328 g/mol. The number of amides is 1. The van der Waals surface area contributed by atoms with E-state index in [9.17, 15) is 4.79 Å². The Morgan fingerprint density at radius 1 is 1.52 bits per heavy atom. The number of carbonyl (C=O) groups is 1. The standard InChI is InChI=1S/C16H22N4OS2/c1-4-13-12-6-8-22-14(12)5-7-19(13)15(21)9-23-16-18-17-10-20(16)11(2)3/h6,8,10-11,13H,4-5,7,9H2,1-3H3. The zero-order chi connectivity index (χ0) is 16.4. The van der Waals surface area contributed by atoms with E-state index in [1.807, 2.05) is 20.8 Å². The summed E-state index contributed by atoms with van der Waals surface area (Å²) in [5, 5.41) is 11.0. The predicted octanol–water partition coefficient (Wildman–Crippen LogP) is 3.55. The van der Waals surface area contributed by atoms with E-state index in [1.54, 1.807) is 6.33 Å². The van der Waals surface area contributed by atoms with E-state index in [-0.39, 0.29) is 11.9 Å². The largest absolute Gasteiger partial charge is 0.335 e. The third kappa shape index (κ3) is 3.30. The highest BCUT2D eigenvalue weighted by Crippen LogP contribution is 2.35. The topological polar surface area (TPSA) is 51.0 Å². The van der Waals surface area contributed by atoms with Gasteiger partial charge in [0.05, 0.1) is 11.8 Å². The van der Waals surface area contributed by atoms with Crippen LogP contribution in [0.25, 0.3) is 0 Å². The molecule has 1 unspecified atom stereocenters. The van der Waals surface area contributed by atoms with Crippen LogP contribution in [0, 0.1) is 0 Å². The molecule has 3 heterocycles. The Balaban J connectivity index is 1.68. The number of carbonyl (C=O) groups excluding carboxylic acids is 1. The van der Waals surface area contributed by atoms with Crippen molar-refractivity contribution in [2.45, 2.75) is 50.9 Å². The monoisotopic (exact) mass is 350 g/mol. The lowest BCUT2D eigenvalue weighted by Gasteiger charge is -2.35. The van der Waals surface area contributed by atoms with Gasteiger partial charge in [-0.2, -0.15) is 0 Å². The molecule has 1 amide bonds. The molecule has 0 saturated carbocycles. The van der Waals surface area contributed by atoms with Gasteiger partial charge in [-0.15, -0.1) is 21.5 Å². The molecule has 0 aromatic carbocycles. The molecule has 0 spiro atoms. The molecule has 23 heavy (non-hydrogen) atoms. The minimum absolute atomic E-state index is 0.192. The number of hydrogen-bond donors (Lipinski definition) is 0. The lowest BCUT2D eigenvalue weighted by molar-refractivity contribution is -0.131. The van der Waals surface area contributed by atoms with E-state index < -0.39 is 0 Å². The van der Waals surface area contributed by atoms with Crippen molar-refractivity contribution in [1.29, 1.82) is 0 Å². The summed E-state index contributed by atoms with van der Waals surface area (Å²) >= 11 is 3.29. The molecule has 5 nitrogen and oxygen atoms in total. The molecule has 7 heteroatoms. The van der Waals surface area contributed by atoms with Crippen LogP contribution in [0.1, 0.15) is 49.7 Å². The van der Waals surface area contributed by atoms with Gasteiger partial charge in [-0.25, -0.2) is 0 Å². The first-order valence-electron chi connectivity index (χ1n) is 7.99. The molecule has 2 aromatic rings. The summed E-state index contributed by atoms with van der Waals surface area (Å²) < 4.78 is 2.00. The van der Waals surface area contributed by atoms with Crippen LogP contribution in [0.15, 0.2) is 22.9 Å². The average molecular weight is 351 g/mol. The van der Waals surface area contributed by atoms with Gasteiger partial charge in [-0.1, -0.05) is 18.7 Å². The lowest BCUT2D eigenvalue weighted by Crippen LogP contribution is -2.40. The van der Waals surface area contributed by atoms with Gasteiger partial charge in [0.2, 0.25) is 5.91 Å². The molecule has 1 atom stereocenters. The third-order valence-electron chi connectivity index (χ3n) is 4.22. The van der Waals surface area contributed by atoms with E-state index in [0.29, 0.717) is 11.8 Å². The van der Waals surface area contributed by atoms with Crippen molar-refractivity contribution in [2.75, 3.05) is 12.3 Å². The van der Waals surface area contributed by atoms with Gasteiger partial charge in [0, 0.05) is 17.5 Å². The highest BCUT2D eigenvalue weighted by Gasteiger charge is 2.30. The fraction of sp³-hybridized carbons (Fsp3) is 0.562. The van der Waals surface area contributed by atoms with Crippen molar-refractivity contribution >= 4 is 29.0 Å². The van der Waals surface area contributed by atoms with Crippen LogP contribution in [0.4, 0.5) is 0 Å². The third-order valence-corrected chi connectivity index (χ3v) is 6.16. The highest BCUT2D eigenvalue weighted by molar-refractivity contribution is 7.99. The summed E-state index contributed by atoms with van der Waals surface area (Å²) in [6, 6.07) is 2.70. The number of fused-ring (bicyclic) bond motifs is 1. The molecule has 3 rings (SSSR count). The molecule has 1 aliphatic heterocycles. The number of thioether (sulfide) groups is 1. The molecule has 0 aliphatic carbocycles. The quantitative estimate of drug-likeness (QED) is 0.774. The van der Waals surface area contributed by atoms with E-state index >= 15 is 0 Å². The summed E-state index contributed by atoms with van der Waals surface area (Å²) in [6.07, 6.45) is 3.66. The average Bonchev–Trinajstić information content (AvgIpc) is 3.19. The number of aromatic nitrogens is 3. The van der Waals surface area contributed by atoms with Crippen LogP contribution in [0.2, 0.25) is 0 Å². The Morgan fingerprint density at radius 2 is 2.35 bits per heavy atom. The Labute approximate surface area is 145 Å². The molecule has 2 aromatic heterocycles. The minimum Gasteiger partial charge on any atom is -0.335 e. The first-order valence-corrected chi connectivity index (χ1v) is 9.86. The lowest BCUT2D eigenvalue weighted by atomic mass is 9.98. The molecule has 0 fully saturated rings. The SMILES string of the molecule is CCC1c2ccsc2CCN1C(=O)CSc1nncn1C(C)C. The molecule has 0 N–H and O–H groups in total. The zero-order valence-electron chi connectivity index (χ0n) is 13.7. The van der Waals surface area contributed by atoms with E-state index in [2.05, 4.69) is 42.4 Å². The summed E-state index contributed by atoms with van der Waals surface area (Å²) in [4.78, 5) is 16.2. The Bertz CT molecular complexity index is 679. The van der Waals surface area contributed by atoms with Gasteiger partial charge in [0.1, 0.15) is 6.33 Å². The van der Waals surface area contributed by atoms with Crippen LogP contribution >= 0.6 is 23.1 Å². The van der Waals surface area contributed by atoms with Gasteiger partial charge in [0.15, 0.2) is 5.16 Å². The zero-order valence-corrected chi connectivity index (χ0v) is 15.4. The highest BCUT2D eigenvalue weighted by atomic mass is 32.2. The van der Waals surface area contributed by atoms with Crippen molar-refractivity contribution in [2.24, 2.45) is 0 Å². The van der Waals surface area contributed by atoms with Crippen molar-refractivity contribution in [3.63, 3.8) is 0 Å². The molecule has 124 valence electrons. The first-order chi connectivity index (χ1) is 11.1. The van der Waals surface area contributed by atoms with Crippen LogP contribution < -0.4 is 0 Å². The summed E-state index contributed by atoms with van der Waals surface area (Å²) in [5.74, 6) is 0.610. The molecule has 0 bridgehead atoms. The second-order valence-electron chi connectivity index (χ2n) is 5.96. The predicted molar refractivity (Wildman–Crippen MR) is 93.9 cm³/mol. The van der Waals surface area contributed by atoms with Crippen molar-refractivity contribution in [1.82, 2.24) is 19.7 Å². The summed E-state index contributed by atoms with van der Waals surface area (Å²) in [7, 11) is 0. The molecule has 0 radical (unpaired) electrons. The van der Waals surface area contributed by atoms with Crippen LogP contribution in [-0.2, 0) is 11.2 Å². The van der Waals surface area contributed by atoms with Gasteiger partial charge in [-0.3, -0.25) is 4.79 Å². The van der Waals surface area contributed by atoms with Gasteiger partial charge in [0.25, 0.3) is 0 Å².